The van der Waals surface area contributed by atoms with Gasteiger partial charge in [0.15, 0.2) is 0 Å². The largest absolute Gasteiger partial charge is 0.326 e. The maximum atomic E-state index is 6.47. The summed E-state index contributed by atoms with van der Waals surface area (Å²) >= 11 is 0. The third-order valence-corrected chi connectivity index (χ3v) is 4.20. The van der Waals surface area contributed by atoms with Gasteiger partial charge in [-0.05, 0) is 32.5 Å². The number of nitrogens with two attached hydrogens (primary N) is 1. The Morgan fingerprint density at radius 3 is 2.39 bits per heavy atom. The minimum atomic E-state index is 0.0427. The topological polar surface area (TPSA) is 47.1 Å². The first-order valence-electron chi connectivity index (χ1n) is 6.97. The molecule has 0 aliphatic heterocycles. The smallest absolute Gasteiger partial charge is 0.0640 e. The summed E-state index contributed by atoms with van der Waals surface area (Å²) in [6.07, 6.45) is 3.87. The lowest BCUT2D eigenvalue weighted by Crippen LogP contribution is -2.58. The molecule has 18 heavy (non-hydrogen) atoms. The highest BCUT2D eigenvalue weighted by Crippen LogP contribution is 2.24. The number of likely N-dealkylation sites (N-methyl/N-ethyl adjacent to an activating group) is 1. The van der Waals surface area contributed by atoms with Crippen molar-refractivity contribution < 1.29 is 0 Å². The molecule has 1 aromatic heterocycles. The summed E-state index contributed by atoms with van der Waals surface area (Å²) in [5.74, 6) is 0. The first-order chi connectivity index (χ1) is 8.47. The molecule has 1 rings (SSSR count). The Kier molecular flexibility index (Phi) is 5.35. The number of hydrogen-bond donors (Lipinski definition) is 1. The lowest BCUT2D eigenvalue weighted by Gasteiger charge is -2.44. The number of nitrogens with zero attached hydrogens (tertiary/aromatic N) is 3. The van der Waals surface area contributed by atoms with E-state index in [4.69, 9.17) is 5.73 Å². The molecule has 0 spiro atoms. The molecule has 2 N–H and O–H groups in total. The predicted molar refractivity (Wildman–Crippen MR) is 76.5 cm³/mol. The van der Waals surface area contributed by atoms with E-state index in [9.17, 15) is 0 Å². The van der Waals surface area contributed by atoms with E-state index in [1.807, 2.05) is 17.9 Å². The molecule has 0 aromatic carbocycles. The van der Waals surface area contributed by atoms with E-state index in [0.29, 0.717) is 0 Å². The van der Waals surface area contributed by atoms with Crippen molar-refractivity contribution in [1.82, 2.24) is 14.7 Å². The standard InChI is InChI=1S/C14H28N4/c1-6-14(4,18(7-2)8-3)13(15)11-12-9-10-17(5)16-12/h9-10,13H,6-8,11,15H2,1-5H3. The minimum absolute atomic E-state index is 0.0427. The Labute approximate surface area is 111 Å². The van der Waals surface area contributed by atoms with Crippen molar-refractivity contribution in [3.63, 3.8) is 0 Å². The second-order valence-electron chi connectivity index (χ2n) is 5.17. The van der Waals surface area contributed by atoms with Gasteiger partial charge >= 0.3 is 0 Å². The van der Waals surface area contributed by atoms with E-state index >= 15 is 0 Å². The van der Waals surface area contributed by atoms with Crippen LogP contribution in [0.5, 0.6) is 0 Å². The molecule has 1 aromatic rings. The molecule has 0 bridgehead atoms. The quantitative estimate of drug-likeness (QED) is 0.805. The molecular formula is C14H28N4. The van der Waals surface area contributed by atoms with Crippen LogP contribution in [0, 0.1) is 0 Å². The first kappa shape index (κ1) is 15.2. The van der Waals surface area contributed by atoms with Gasteiger partial charge in [0.2, 0.25) is 0 Å². The Bertz CT molecular complexity index is 356. The molecule has 2 unspecified atom stereocenters. The van der Waals surface area contributed by atoms with Gasteiger partial charge in [-0.1, -0.05) is 20.8 Å². The lowest BCUT2D eigenvalue weighted by molar-refractivity contribution is 0.0841. The van der Waals surface area contributed by atoms with E-state index in [1.54, 1.807) is 0 Å². The zero-order valence-electron chi connectivity index (χ0n) is 12.5. The van der Waals surface area contributed by atoms with Gasteiger partial charge < -0.3 is 5.73 Å². The van der Waals surface area contributed by atoms with Crippen molar-refractivity contribution in [3.05, 3.63) is 18.0 Å². The average Bonchev–Trinajstić information content (AvgIpc) is 2.75. The van der Waals surface area contributed by atoms with Gasteiger partial charge in [-0.25, -0.2) is 0 Å². The van der Waals surface area contributed by atoms with Crippen molar-refractivity contribution in [2.45, 2.75) is 52.1 Å². The summed E-state index contributed by atoms with van der Waals surface area (Å²) in [5, 5.41) is 4.43. The van der Waals surface area contributed by atoms with E-state index in [1.165, 1.54) is 0 Å². The van der Waals surface area contributed by atoms with Crippen molar-refractivity contribution in [2.75, 3.05) is 13.1 Å². The SMILES string of the molecule is CCN(CC)C(C)(CC)C(N)Cc1ccn(C)n1. The van der Waals surface area contributed by atoms with Crippen LogP contribution < -0.4 is 5.73 Å². The fourth-order valence-electron chi connectivity index (χ4n) is 2.68. The highest BCUT2D eigenvalue weighted by atomic mass is 15.3. The Morgan fingerprint density at radius 1 is 1.39 bits per heavy atom. The monoisotopic (exact) mass is 252 g/mol. The van der Waals surface area contributed by atoms with Crippen LogP contribution >= 0.6 is 0 Å². The highest BCUT2D eigenvalue weighted by molar-refractivity contribution is 5.06. The summed E-state index contributed by atoms with van der Waals surface area (Å²) in [6.45, 7) is 11.0. The van der Waals surface area contributed by atoms with E-state index in [-0.39, 0.29) is 11.6 Å². The molecule has 1 heterocycles. The Balaban J connectivity index is 2.80. The lowest BCUT2D eigenvalue weighted by atomic mass is 9.85. The van der Waals surface area contributed by atoms with Crippen LogP contribution in [0.15, 0.2) is 12.3 Å². The maximum absolute atomic E-state index is 6.47. The number of aryl methyl sites for hydroxylation is 1. The summed E-state index contributed by atoms with van der Waals surface area (Å²) in [6, 6.07) is 2.16. The second-order valence-corrected chi connectivity index (χ2v) is 5.17. The zero-order chi connectivity index (χ0) is 13.8. The zero-order valence-corrected chi connectivity index (χ0v) is 12.5. The van der Waals surface area contributed by atoms with E-state index < -0.39 is 0 Å². The molecular weight excluding hydrogens is 224 g/mol. The van der Waals surface area contributed by atoms with Gasteiger partial charge in [0.1, 0.15) is 0 Å². The van der Waals surface area contributed by atoms with Crippen molar-refractivity contribution >= 4 is 0 Å². The van der Waals surface area contributed by atoms with Crippen LogP contribution in [0.25, 0.3) is 0 Å². The molecule has 0 fully saturated rings. The third kappa shape index (κ3) is 3.12. The molecule has 4 heteroatoms. The molecule has 4 nitrogen and oxygen atoms in total. The summed E-state index contributed by atoms with van der Waals surface area (Å²) < 4.78 is 1.84. The molecule has 0 saturated carbocycles. The molecule has 104 valence electrons. The van der Waals surface area contributed by atoms with Gasteiger partial charge in [-0.3, -0.25) is 9.58 Å². The summed E-state index contributed by atoms with van der Waals surface area (Å²) in [5.41, 5.74) is 7.59. The van der Waals surface area contributed by atoms with Gasteiger partial charge in [0.05, 0.1) is 5.69 Å². The Hall–Kier alpha value is -0.870. The average molecular weight is 252 g/mol. The van der Waals surface area contributed by atoms with E-state index in [0.717, 1.165) is 31.6 Å². The fourth-order valence-corrected chi connectivity index (χ4v) is 2.68. The Morgan fingerprint density at radius 2 is 2.00 bits per heavy atom. The summed E-state index contributed by atoms with van der Waals surface area (Å²) in [4.78, 5) is 2.46. The van der Waals surface area contributed by atoms with Gasteiger partial charge in [0.25, 0.3) is 0 Å². The van der Waals surface area contributed by atoms with Gasteiger partial charge in [-0.2, -0.15) is 5.10 Å². The van der Waals surface area contributed by atoms with Crippen molar-refractivity contribution in [3.8, 4) is 0 Å². The predicted octanol–water partition coefficient (Wildman–Crippen LogP) is 1.80. The molecule has 0 radical (unpaired) electrons. The van der Waals surface area contributed by atoms with Crippen LogP contribution in [0.2, 0.25) is 0 Å². The number of rotatable bonds is 7. The molecule has 0 saturated heterocycles. The van der Waals surface area contributed by atoms with Crippen LogP contribution in [0.4, 0.5) is 0 Å². The number of hydrogen-bond acceptors (Lipinski definition) is 3. The van der Waals surface area contributed by atoms with Crippen molar-refractivity contribution in [2.24, 2.45) is 12.8 Å². The maximum Gasteiger partial charge on any atom is 0.0640 e. The summed E-state index contributed by atoms with van der Waals surface area (Å²) in [7, 11) is 1.94. The van der Waals surface area contributed by atoms with Crippen molar-refractivity contribution in [1.29, 1.82) is 0 Å². The highest BCUT2D eigenvalue weighted by Gasteiger charge is 2.34. The third-order valence-electron chi connectivity index (χ3n) is 4.20. The van der Waals surface area contributed by atoms with E-state index in [2.05, 4.69) is 43.8 Å². The molecule has 0 aliphatic carbocycles. The molecule has 0 amide bonds. The van der Waals surface area contributed by atoms with Crippen LogP contribution in [-0.4, -0.2) is 39.4 Å². The fraction of sp³-hybridized carbons (Fsp3) is 0.786. The molecule has 2 atom stereocenters. The van der Waals surface area contributed by atoms with Gasteiger partial charge in [-0.15, -0.1) is 0 Å². The van der Waals surface area contributed by atoms with Crippen LogP contribution in [0.3, 0.4) is 0 Å². The first-order valence-corrected chi connectivity index (χ1v) is 6.97. The number of aromatic nitrogens is 2. The molecule has 0 aliphatic rings. The van der Waals surface area contributed by atoms with Crippen LogP contribution in [-0.2, 0) is 13.5 Å². The second kappa shape index (κ2) is 6.34. The van der Waals surface area contributed by atoms with Crippen LogP contribution in [0.1, 0.15) is 39.8 Å². The van der Waals surface area contributed by atoms with Gasteiger partial charge in [0, 0.05) is 31.2 Å². The normalized spacial score (nSPS) is 16.8. The minimum Gasteiger partial charge on any atom is -0.326 e.